The summed E-state index contributed by atoms with van der Waals surface area (Å²) in [5, 5.41) is 9.15. The highest BCUT2D eigenvalue weighted by atomic mass is 16.4. The number of likely N-dealkylation sites (tertiary alicyclic amines) is 1. The third kappa shape index (κ3) is 1.57. The lowest BCUT2D eigenvalue weighted by Gasteiger charge is -2.37. The second-order valence-electron chi connectivity index (χ2n) is 4.85. The molecule has 1 aliphatic heterocycles. The molecule has 0 aromatic heterocycles. The van der Waals surface area contributed by atoms with E-state index >= 15 is 0 Å². The summed E-state index contributed by atoms with van der Waals surface area (Å²) in [7, 11) is 1.97. The van der Waals surface area contributed by atoms with E-state index in [0.717, 1.165) is 25.9 Å². The van der Waals surface area contributed by atoms with Gasteiger partial charge in [0.05, 0.1) is 0 Å². The zero-order valence-corrected chi connectivity index (χ0v) is 9.03. The van der Waals surface area contributed by atoms with Crippen molar-refractivity contribution < 1.29 is 14.7 Å². The minimum absolute atomic E-state index is 0.0226. The number of rotatable bonds is 3. The van der Waals surface area contributed by atoms with E-state index in [1.165, 1.54) is 0 Å². The number of carbonyl (C=O) groups is 2. The van der Waals surface area contributed by atoms with Crippen LogP contribution in [0.25, 0.3) is 0 Å². The van der Waals surface area contributed by atoms with Gasteiger partial charge in [0.1, 0.15) is 5.41 Å². The average Bonchev–Trinajstić information content (AvgIpc) is 2.48. The molecule has 0 bridgehead atoms. The summed E-state index contributed by atoms with van der Waals surface area (Å²) in [6.07, 6.45) is 2.79. The van der Waals surface area contributed by atoms with Gasteiger partial charge in [0.15, 0.2) is 5.78 Å². The molecule has 1 heterocycles. The van der Waals surface area contributed by atoms with Gasteiger partial charge in [0.2, 0.25) is 0 Å². The monoisotopic (exact) mass is 211 g/mol. The van der Waals surface area contributed by atoms with Crippen LogP contribution in [0, 0.1) is 11.3 Å². The number of hydrogen-bond acceptors (Lipinski definition) is 3. The number of carbonyl (C=O) groups excluding carboxylic acids is 1. The standard InChI is InChI=1S/C11H17NO3/c1-12-6-3-8(7-12)9(13)11(10(14)15)4-2-5-11/h8H,2-7H2,1H3,(H,14,15). The maximum atomic E-state index is 12.1. The molecule has 4 heteroatoms. The van der Waals surface area contributed by atoms with E-state index in [4.69, 9.17) is 5.11 Å². The Morgan fingerprint density at radius 1 is 1.40 bits per heavy atom. The van der Waals surface area contributed by atoms with E-state index < -0.39 is 11.4 Å². The first-order chi connectivity index (χ1) is 7.06. The Balaban J connectivity index is 2.09. The van der Waals surface area contributed by atoms with Gasteiger partial charge >= 0.3 is 5.97 Å². The lowest BCUT2D eigenvalue weighted by atomic mass is 9.63. The summed E-state index contributed by atoms with van der Waals surface area (Å²) < 4.78 is 0. The summed E-state index contributed by atoms with van der Waals surface area (Å²) in [6.45, 7) is 1.64. The molecule has 1 aliphatic carbocycles. The highest BCUT2D eigenvalue weighted by Crippen LogP contribution is 2.44. The van der Waals surface area contributed by atoms with Crippen molar-refractivity contribution in [3.8, 4) is 0 Å². The van der Waals surface area contributed by atoms with Gasteiger partial charge in [-0.05, 0) is 32.9 Å². The van der Waals surface area contributed by atoms with E-state index in [-0.39, 0.29) is 11.7 Å². The normalized spacial score (nSPS) is 29.8. The molecule has 4 nitrogen and oxygen atoms in total. The Morgan fingerprint density at radius 2 is 2.07 bits per heavy atom. The van der Waals surface area contributed by atoms with Crippen molar-refractivity contribution in [2.75, 3.05) is 20.1 Å². The van der Waals surface area contributed by atoms with E-state index in [1.807, 2.05) is 7.05 Å². The van der Waals surface area contributed by atoms with E-state index in [2.05, 4.69) is 4.90 Å². The Bertz CT molecular complexity index is 296. The molecule has 0 aromatic rings. The largest absolute Gasteiger partial charge is 0.480 e. The number of hydrogen-bond donors (Lipinski definition) is 1. The lowest BCUT2D eigenvalue weighted by Crippen LogP contribution is -2.48. The molecule has 2 rings (SSSR count). The third-order valence-corrected chi connectivity index (χ3v) is 3.85. The van der Waals surface area contributed by atoms with Gasteiger partial charge in [-0.1, -0.05) is 6.42 Å². The smallest absolute Gasteiger partial charge is 0.317 e. The molecule has 1 unspecified atom stereocenters. The Morgan fingerprint density at radius 3 is 2.40 bits per heavy atom. The van der Waals surface area contributed by atoms with Crippen LogP contribution in [0.15, 0.2) is 0 Å². The van der Waals surface area contributed by atoms with Gasteiger partial charge in [-0.25, -0.2) is 0 Å². The van der Waals surface area contributed by atoms with Crippen LogP contribution < -0.4 is 0 Å². The fraction of sp³-hybridized carbons (Fsp3) is 0.818. The predicted molar refractivity (Wildman–Crippen MR) is 54.5 cm³/mol. The lowest BCUT2D eigenvalue weighted by molar-refractivity contribution is -0.162. The molecule has 1 atom stereocenters. The highest BCUT2D eigenvalue weighted by molar-refractivity contribution is 6.05. The first kappa shape index (κ1) is 10.6. The first-order valence-corrected chi connectivity index (χ1v) is 5.52. The van der Waals surface area contributed by atoms with Crippen LogP contribution in [-0.2, 0) is 9.59 Å². The summed E-state index contributed by atoms with van der Waals surface area (Å²) in [5.41, 5.74) is -1.02. The molecule has 15 heavy (non-hydrogen) atoms. The van der Waals surface area contributed by atoms with Crippen LogP contribution in [-0.4, -0.2) is 41.9 Å². The topological polar surface area (TPSA) is 57.6 Å². The van der Waals surface area contributed by atoms with Crippen LogP contribution in [0.4, 0.5) is 0 Å². The Hall–Kier alpha value is -0.900. The van der Waals surface area contributed by atoms with Gasteiger partial charge in [-0.3, -0.25) is 9.59 Å². The van der Waals surface area contributed by atoms with Crippen LogP contribution in [0.3, 0.4) is 0 Å². The zero-order chi connectivity index (χ0) is 11.1. The molecule has 1 N–H and O–H groups in total. The number of carboxylic acid groups (broad SMARTS) is 1. The third-order valence-electron chi connectivity index (χ3n) is 3.85. The van der Waals surface area contributed by atoms with Crippen LogP contribution in [0.5, 0.6) is 0 Å². The van der Waals surface area contributed by atoms with Gasteiger partial charge < -0.3 is 10.0 Å². The zero-order valence-electron chi connectivity index (χ0n) is 9.03. The van der Waals surface area contributed by atoms with Crippen LogP contribution >= 0.6 is 0 Å². The second-order valence-corrected chi connectivity index (χ2v) is 4.85. The number of carboxylic acids is 1. The van der Waals surface area contributed by atoms with Crippen molar-refractivity contribution in [1.29, 1.82) is 0 Å². The number of nitrogens with zero attached hydrogens (tertiary/aromatic N) is 1. The summed E-state index contributed by atoms with van der Waals surface area (Å²) in [4.78, 5) is 25.4. The minimum atomic E-state index is -1.02. The molecule has 2 aliphatic rings. The van der Waals surface area contributed by atoms with Gasteiger partial charge in [-0.2, -0.15) is 0 Å². The molecule has 0 amide bonds. The Labute approximate surface area is 89.3 Å². The van der Waals surface area contributed by atoms with E-state index in [1.54, 1.807) is 0 Å². The van der Waals surface area contributed by atoms with Gasteiger partial charge in [0, 0.05) is 12.5 Å². The molecule has 0 radical (unpaired) electrons. The molecule has 0 aromatic carbocycles. The van der Waals surface area contributed by atoms with Crippen LogP contribution in [0.2, 0.25) is 0 Å². The second kappa shape index (κ2) is 3.59. The summed E-state index contributed by atoms with van der Waals surface area (Å²) in [5.74, 6) is -0.981. The number of ketones is 1. The van der Waals surface area contributed by atoms with Crippen LogP contribution in [0.1, 0.15) is 25.7 Å². The molecule has 1 saturated heterocycles. The fourth-order valence-corrected chi connectivity index (χ4v) is 2.64. The molecule has 84 valence electrons. The van der Waals surface area contributed by atoms with Gasteiger partial charge in [-0.15, -0.1) is 0 Å². The van der Waals surface area contributed by atoms with Crippen molar-refractivity contribution in [2.24, 2.45) is 11.3 Å². The van der Waals surface area contributed by atoms with E-state index in [9.17, 15) is 9.59 Å². The molecular formula is C11H17NO3. The SMILES string of the molecule is CN1CCC(C(=O)C2(C(=O)O)CCC2)C1. The number of Topliss-reactive ketones (excluding diaryl/α,β-unsaturated/α-hetero) is 1. The van der Waals surface area contributed by atoms with E-state index in [0.29, 0.717) is 12.8 Å². The van der Waals surface area contributed by atoms with Crippen molar-refractivity contribution in [3.63, 3.8) is 0 Å². The molecule has 1 saturated carbocycles. The van der Waals surface area contributed by atoms with Gasteiger partial charge in [0.25, 0.3) is 0 Å². The minimum Gasteiger partial charge on any atom is -0.480 e. The highest BCUT2D eigenvalue weighted by Gasteiger charge is 2.53. The maximum absolute atomic E-state index is 12.1. The fourth-order valence-electron chi connectivity index (χ4n) is 2.64. The maximum Gasteiger partial charge on any atom is 0.317 e. The quantitative estimate of drug-likeness (QED) is 0.700. The van der Waals surface area contributed by atoms with Crippen molar-refractivity contribution in [3.05, 3.63) is 0 Å². The number of aliphatic carboxylic acids is 1. The average molecular weight is 211 g/mol. The summed E-state index contributed by atoms with van der Waals surface area (Å²) in [6, 6.07) is 0. The first-order valence-electron chi connectivity index (χ1n) is 5.52. The van der Waals surface area contributed by atoms with Crippen molar-refractivity contribution in [2.45, 2.75) is 25.7 Å². The molecule has 2 fully saturated rings. The van der Waals surface area contributed by atoms with Crippen molar-refractivity contribution in [1.82, 2.24) is 4.90 Å². The molecule has 0 spiro atoms. The summed E-state index contributed by atoms with van der Waals surface area (Å²) >= 11 is 0. The predicted octanol–water partition coefficient (Wildman–Crippen LogP) is 0.762. The molecular weight excluding hydrogens is 194 g/mol. The Kier molecular flexibility index (Phi) is 2.54. The van der Waals surface area contributed by atoms with Crippen molar-refractivity contribution >= 4 is 11.8 Å².